The molecule has 0 aromatic heterocycles. The largest absolute Gasteiger partial charge is 0.493 e. The standard InChI is InChI=1S/C22H32N2O3/c1-25-19-12-16(13-20-22(19)27-15-26-20)14-24-11-10-23-9-5-8-18(23)21(24)17-6-3-2-4-7-17/h12-13,17-18,21H,2-11,14-15H2,1H3/t18-,21+/m1/s1. The van der Waals surface area contributed by atoms with Crippen molar-refractivity contribution in [1.29, 1.82) is 0 Å². The van der Waals surface area contributed by atoms with Crippen LogP contribution in [0.25, 0.3) is 0 Å². The van der Waals surface area contributed by atoms with Crippen LogP contribution >= 0.6 is 0 Å². The molecule has 3 aliphatic heterocycles. The third-order valence-corrected chi connectivity index (χ3v) is 7.14. The first-order chi connectivity index (χ1) is 13.3. The van der Waals surface area contributed by atoms with Gasteiger partial charge in [0.2, 0.25) is 12.5 Å². The highest BCUT2D eigenvalue weighted by atomic mass is 16.7. The number of nitrogens with zero attached hydrogens (tertiary/aromatic N) is 2. The van der Waals surface area contributed by atoms with Gasteiger partial charge in [0.05, 0.1) is 7.11 Å². The van der Waals surface area contributed by atoms with Crippen LogP contribution in [0.2, 0.25) is 0 Å². The van der Waals surface area contributed by atoms with Crippen molar-refractivity contribution < 1.29 is 14.2 Å². The molecule has 0 radical (unpaired) electrons. The first kappa shape index (κ1) is 17.6. The monoisotopic (exact) mass is 372 g/mol. The average molecular weight is 373 g/mol. The minimum Gasteiger partial charge on any atom is -0.493 e. The number of piperazine rings is 1. The van der Waals surface area contributed by atoms with Gasteiger partial charge in [-0.25, -0.2) is 0 Å². The van der Waals surface area contributed by atoms with E-state index in [1.54, 1.807) is 7.11 Å². The van der Waals surface area contributed by atoms with E-state index in [1.165, 1.54) is 70.1 Å². The Kier molecular flexibility index (Phi) is 4.91. The summed E-state index contributed by atoms with van der Waals surface area (Å²) >= 11 is 0. The molecule has 2 atom stereocenters. The van der Waals surface area contributed by atoms with Gasteiger partial charge in [-0.05, 0) is 55.8 Å². The van der Waals surface area contributed by atoms with E-state index in [9.17, 15) is 0 Å². The van der Waals surface area contributed by atoms with Crippen LogP contribution in [-0.2, 0) is 6.54 Å². The minimum absolute atomic E-state index is 0.292. The number of methoxy groups -OCH3 is 1. The fraction of sp³-hybridized carbons (Fsp3) is 0.727. The second-order valence-electron chi connectivity index (χ2n) is 8.64. The molecule has 5 heteroatoms. The zero-order chi connectivity index (χ0) is 18.2. The normalized spacial score (nSPS) is 29.1. The van der Waals surface area contributed by atoms with Crippen LogP contribution in [0.3, 0.4) is 0 Å². The average Bonchev–Trinajstić information content (AvgIpc) is 3.37. The maximum Gasteiger partial charge on any atom is 0.231 e. The zero-order valence-electron chi connectivity index (χ0n) is 16.5. The fourth-order valence-corrected chi connectivity index (χ4v) is 5.95. The lowest BCUT2D eigenvalue weighted by molar-refractivity contribution is -0.00384. The molecule has 0 spiro atoms. The van der Waals surface area contributed by atoms with Gasteiger partial charge in [0.1, 0.15) is 0 Å². The quantitative estimate of drug-likeness (QED) is 0.806. The van der Waals surface area contributed by atoms with Gasteiger partial charge in [-0.2, -0.15) is 0 Å². The van der Waals surface area contributed by atoms with E-state index in [1.807, 2.05) is 0 Å². The van der Waals surface area contributed by atoms with Crippen molar-refractivity contribution in [2.24, 2.45) is 5.92 Å². The van der Waals surface area contributed by atoms with Gasteiger partial charge in [0.25, 0.3) is 0 Å². The molecular formula is C22H32N2O3. The van der Waals surface area contributed by atoms with Gasteiger partial charge in [0.15, 0.2) is 11.5 Å². The third-order valence-electron chi connectivity index (χ3n) is 7.14. The Balaban J connectivity index is 1.40. The molecule has 0 unspecified atom stereocenters. The predicted molar refractivity (Wildman–Crippen MR) is 104 cm³/mol. The van der Waals surface area contributed by atoms with Gasteiger partial charge >= 0.3 is 0 Å². The maximum absolute atomic E-state index is 5.65. The summed E-state index contributed by atoms with van der Waals surface area (Å²) in [5.74, 6) is 3.25. The van der Waals surface area contributed by atoms with E-state index in [0.29, 0.717) is 12.8 Å². The van der Waals surface area contributed by atoms with Crippen molar-refractivity contribution in [3.8, 4) is 17.2 Å². The number of fused-ring (bicyclic) bond motifs is 2. The van der Waals surface area contributed by atoms with Gasteiger partial charge in [-0.1, -0.05) is 19.3 Å². The predicted octanol–water partition coefficient (Wildman–Crippen LogP) is 3.65. The van der Waals surface area contributed by atoms with E-state index >= 15 is 0 Å². The molecule has 5 rings (SSSR count). The summed E-state index contributed by atoms with van der Waals surface area (Å²) in [6.45, 7) is 4.97. The summed E-state index contributed by atoms with van der Waals surface area (Å²) in [5.41, 5.74) is 1.28. The van der Waals surface area contributed by atoms with Gasteiger partial charge in [-0.15, -0.1) is 0 Å². The smallest absolute Gasteiger partial charge is 0.231 e. The SMILES string of the molecule is COc1cc(CN2CCN3CCC[C@@H]3[C@@H]2C2CCCCC2)cc2c1OCO2. The second kappa shape index (κ2) is 7.51. The number of ether oxygens (including phenoxy) is 3. The van der Waals surface area contributed by atoms with Crippen molar-refractivity contribution in [2.45, 2.75) is 63.6 Å². The molecule has 3 fully saturated rings. The van der Waals surface area contributed by atoms with Crippen molar-refractivity contribution in [1.82, 2.24) is 9.80 Å². The van der Waals surface area contributed by atoms with Gasteiger partial charge in [-0.3, -0.25) is 9.80 Å². The summed E-state index contributed by atoms with van der Waals surface area (Å²) in [7, 11) is 1.71. The van der Waals surface area contributed by atoms with E-state index in [2.05, 4.69) is 21.9 Å². The lowest BCUT2D eigenvalue weighted by Crippen LogP contribution is -2.59. The van der Waals surface area contributed by atoms with Crippen molar-refractivity contribution in [3.63, 3.8) is 0 Å². The van der Waals surface area contributed by atoms with Crippen LogP contribution in [0, 0.1) is 5.92 Å². The molecule has 27 heavy (non-hydrogen) atoms. The Morgan fingerprint density at radius 1 is 1.00 bits per heavy atom. The lowest BCUT2D eigenvalue weighted by Gasteiger charge is -2.49. The number of hydrogen-bond donors (Lipinski definition) is 0. The van der Waals surface area contributed by atoms with Crippen molar-refractivity contribution in [2.75, 3.05) is 33.5 Å². The van der Waals surface area contributed by atoms with E-state index in [-0.39, 0.29) is 0 Å². The van der Waals surface area contributed by atoms with E-state index in [4.69, 9.17) is 14.2 Å². The highest BCUT2D eigenvalue weighted by Gasteiger charge is 2.43. The van der Waals surface area contributed by atoms with Gasteiger partial charge in [0, 0.05) is 31.7 Å². The topological polar surface area (TPSA) is 34.2 Å². The molecule has 1 saturated carbocycles. The molecule has 1 aliphatic carbocycles. The van der Waals surface area contributed by atoms with Gasteiger partial charge < -0.3 is 14.2 Å². The number of benzene rings is 1. The zero-order valence-corrected chi connectivity index (χ0v) is 16.5. The molecule has 1 aromatic carbocycles. The molecule has 4 aliphatic rings. The summed E-state index contributed by atoms with van der Waals surface area (Å²) in [6.07, 6.45) is 9.84. The molecule has 148 valence electrons. The summed E-state index contributed by atoms with van der Waals surface area (Å²) < 4.78 is 16.8. The molecule has 1 aromatic rings. The maximum atomic E-state index is 5.65. The van der Waals surface area contributed by atoms with Crippen molar-refractivity contribution in [3.05, 3.63) is 17.7 Å². The molecule has 0 amide bonds. The first-order valence-electron chi connectivity index (χ1n) is 10.8. The van der Waals surface area contributed by atoms with Crippen LogP contribution in [0.4, 0.5) is 0 Å². The molecule has 5 nitrogen and oxygen atoms in total. The summed E-state index contributed by atoms with van der Waals surface area (Å²) in [6, 6.07) is 5.77. The van der Waals surface area contributed by atoms with Crippen LogP contribution < -0.4 is 14.2 Å². The Morgan fingerprint density at radius 3 is 2.74 bits per heavy atom. The lowest BCUT2D eigenvalue weighted by atomic mass is 9.78. The van der Waals surface area contributed by atoms with E-state index in [0.717, 1.165) is 35.8 Å². The Hall–Kier alpha value is -1.46. The summed E-state index contributed by atoms with van der Waals surface area (Å²) in [5, 5.41) is 0. The Bertz CT molecular complexity index is 674. The van der Waals surface area contributed by atoms with Crippen LogP contribution in [0.1, 0.15) is 50.5 Å². The highest BCUT2D eigenvalue weighted by molar-refractivity contribution is 5.55. The van der Waals surface area contributed by atoms with E-state index < -0.39 is 0 Å². The Labute approximate surface area is 162 Å². The second-order valence-corrected chi connectivity index (χ2v) is 8.64. The number of rotatable bonds is 4. The van der Waals surface area contributed by atoms with Crippen molar-refractivity contribution >= 4 is 0 Å². The molecule has 0 N–H and O–H groups in total. The van der Waals surface area contributed by atoms with Crippen LogP contribution in [-0.4, -0.2) is 55.4 Å². The molecular weight excluding hydrogens is 340 g/mol. The van der Waals surface area contributed by atoms with Crippen LogP contribution in [0.15, 0.2) is 12.1 Å². The fourth-order valence-electron chi connectivity index (χ4n) is 5.95. The highest BCUT2D eigenvalue weighted by Crippen LogP contribution is 2.43. The van der Waals surface area contributed by atoms with Crippen LogP contribution in [0.5, 0.6) is 17.2 Å². The Morgan fingerprint density at radius 2 is 1.89 bits per heavy atom. The summed E-state index contributed by atoms with van der Waals surface area (Å²) in [4.78, 5) is 5.55. The third kappa shape index (κ3) is 3.29. The molecule has 0 bridgehead atoms. The molecule has 3 heterocycles. The first-order valence-corrected chi connectivity index (χ1v) is 10.8. The number of hydrogen-bond acceptors (Lipinski definition) is 5. The molecule has 2 saturated heterocycles. The minimum atomic E-state index is 0.292.